The Hall–Kier alpha value is -3.30. The van der Waals surface area contributed by atoms with Gasteiger partial charge in [0.05, 0.1) is 58.8 Å². The van der Waals surface area contributed by atoms with Crippen LogP contribution in [0, 0.1) is 35.5 Å². The van der Waals surface area contributed by atoms with Gasteiger partial charge in [0.15, 0.2) is 5.78 Å². The second-order valence-corrected chi connectivity index (χ2v) is 25.0. The van der Waals surface area contributed by atoms with E-state index in [1.165, 1.54) is 12.0 Å². The third-order valence-electron chi connectivity index (χ3n) is 16.1. The molecule has 0 aromatic rings. The van der Waals surface area contributed by atoms with E-state index in [2.05, 4.69) is 0 Å². The van der Waals surface area contributed by atoms with E-state index in [0.29, 0.717) is 80.8 Å². The number of aliphatic hydroxyl groups excluding tert-OH is 1. The molecule has 2 saturated heterocycles. The third-order valence-corrected chi connectivity index (χ3v) is 17.1. The molecule has 16 atom stereocenters. The van der Waals surface area contributed by atoms with Gasteiger partial charge in [-0.05, 0) is 107 Å². The van der Waals surface area contributed by atoms with Gasteiger partial charge in [0.2, 0.25) is 5.79 Å². The van der Waals surface area contributed by atoms with Crippen molar-refractivity contribution in [1.29, 1.82) is 0 Å². The lowest BCUT2D eigenvalue weighted by Gasteiger charge is -2.42. The predicted octanol–water partition coefficient (Wildman–Crippen LogP) is 6.41. The molecule has 444 valence electrons. The van der Waals surface area contributed by atoms with Crippen molar-refractivity contribution in [2.75, 3.05) is 75.4 Å². The van der Waals surface area contributed by atoms with Crippen LogP contribution in [0.1, 0.15) is 126 Å². The first kappa shape index (κ1) is 67.2. The smallest absolute Gasteiger partial charge is 0.329 e. The molecule has 2 N–H and O–H groups in total. The van der Waals surface area contributed by atoms with E-state index < -0.39 is 91.5 Å². The number of nitrogens with zero attached hydrogens (tertiary/aromatic N) is 2. The number of ketones is 3. The van der Waals surface area contributed by atoms with Gasteiger partial charge in [-0.25, -0.2) is 4.79 Å². The average Bonchev–Trinajstić information content (AvgIpc) is 3.38. The number of fused-ring (bicyclic) bond motifs is 3. The van der Waals surface area contributed by atoms with Crippen molar-refractivity contribution in [2.45, 2.75) is 180 Å². The molecule has 1 amide bonds. The summed E-state index contributed by atoms with van der Waals surface area (Å²) in [4.78, 5) is 85.0. The quantitative estimate of drug-likeness (QED) is 0.0449. The predicted molar refractivity (Wildman–Crippen MR) is 291 cm³/mol. The number of carbonyl (C=O) groups is 5. The van der Waals surface area contributed by atoms with Crippen LogP contribution < -0.4 is 4.89 Å². The van der Waals surface area contributed by atoms with Gasteiger partial charge in [0, 0.05) is 58.5 Å². The summed E-state index contributed by atoms with van der Waals surface area (Å²) in [6.07, 6.45) is 10.8. The molecule has 4 rings (SSSR count). The third kappa shape index (κ3) is 20.0. The number of quaternary nitrogens is 1. The van der Waals surface area contributed by atoms with E-state index >= 15 is 0 Å². The fourth-order valence-corrected chi connectivity index (χ4v) is 11.8. The Morgan fingerprint density at radius 2 is 1.55 bits per heavy atom. The van der Waals surface area contributed by atoms with E-state index in [4.69, 9.17) is 37.5 Å². The second-order valence-electron chi connectivity index (χ2n) is 23.6. The van der Waals surface area contributed by atoms with Gasteiger partial charge in [-0.15, -0.1) is 0 Å². The Kier molecular flexibility index (Phi) is 26.9. The summed E-state index contributed by atoms with van der Waals surface area (Å²) in [7, 11) is 5.75. The molecule has 0 spiro atoms. The van der Waals surface area contributed by atoms with Crippen LogP contribution in [-0.2, 0) is 66.0 Å². The van der Waals surface area contributed by atoms with Crippen molar-refractivity contribution < 1.29 is 85.6 Å². The Morgan fingerprint density at radius 3 is 2.22 bits per heavy atom. The highest BCUT2D eigenvalue weighted by Crippen LogP contribution is 2.40. The first-order valence-electron chi connectivity index (χ1n) is 28.2. The Balaban J connectivity index is 1.62. The van der Waals surface area contributed by atoms with Crippen LogP contribution >= 0.6 is 7.82 Å². The number of piperidine rings is 1. The van der Waals surface area contributed by atoms with Crippen LogP contribution in [-0.4, -0.2) is 179 Å². The first-order valence-corrected chi connectivity index (χ1v) is 29.6. The molecule has 1 saturated carbocycles. The summed E-state index contributed by atoms with van der Waals surface area (Å²) < 4.78 is 58.8. The SMILES string of the molecule is CO[C@@H]1C[C@@H]2CC[C@@H](C)[C@@](O)(O2)C(=O)C(=O)N2CCCC[C@H]2C(=O)O[C@H]([C@H](C)C[C@@H]2CC[C@@H](OCCOP(=O)([O-])OCC[N+](C)(C)C)[C@H](OC)C2)CC(=O)[C@H](C)/C=C(/C)[C@@H](O)[C@@H](OC)C(=O)[C@H](C)C[C@H](C)/C=C/C=C\C=C\1C. The molecule has 2 bridgehead atoms. The molecule has 3 aliphatic heterocycles. The van der Waals surface area contributed by atoms with E-state index in [-0.39, 0.29) is 74.8 Å². The van der Waals surface area contributed by atoms with Crippen molar-refractivity contribution in [3.63, 3.8) is 0 Å². The van der Waals surface area contributed by atoms with Gasteiger partial charge in [-0.2, -0.15) is 0 Å². The lowest BCUT2D eigenvalue weighted by atomic mass is 9.78. The van der Waals surface area contributed by atoms with Gasteiger partial charge < -0.3 is 62.0 Å². The van der Waals surface area contributed by atoms with E-state index in [0.717, 1.165) is 5.57 Å². The lowest BCUT2D eigenvalue weighted by molar-refractivity contribution is -0.870. The fourth-order valence-electron chi connectivity index (χ4n) is 11.1. The molecule has 3 heterocycles. The fraction of sp³-hybridized carbons (Fsp3) is 0.776. The number of amides is 1. The maximum atomic E-state index is 14.6. The molecule has 1 unspecified atom stereocenters. The number of carbonyl (C=O) groups excluding carboxylic acids is 5. The summed E-state index contributed by atoms with van der Waals surface area (Å²) in [5, 5.41) is 23.6. The topological polar surface area (TPSA) is 243 Å². The minimum absolute atomic E-state index is 0.00477. The number of allylic oxidation sites excluding steroid dienone is 6. The Labute approximate surface area is 464 Å². The molecule has 4 aliphatic rings. The normalized spacial score (nSPS) is 36.7. The van der Waals surface area contributed by atoms with Gasteiger partial charge >= 0.3 is 5.97 Å². The van der Waals surface area contributed by atoms with Crippen molar-refractivity contribution in [2.24, 2.45) is 35.5 Å². The summed E-state index contributed by atoms with van der Waals surface area (Å²) in [5.74, 6) is -8.43. The van der Waals surface area contributed by atoms with Crippen molar-refractivity contribution in [1.82, 2.24) is 4.90 Å². The summed E-state index contributed by atoms with van der Waals surface area (Å²) in [6, 6.07) is -1.19. The van der Waals surface area contributed by atoms with Gasteiger partial charge in [0.25, 0.3) is 19.5 Å². The lowest BCUT2D eigenvalue weighted by Crippen LogP contribution is -2.61. The number of aliphatic hydroxyl groups is 2. The van der Waals surface area contributed by atoms with Crippen LogP contribution in [0.15, 0.2) is 47.6 Å². The molecule has 0 radical (unpaired) electrons. The van der Waals surface area contributed by atoms with Crippen LogP contribution in [0.25, 0.3) is 0 Å². The Bertz CT molecular complexity index is 2160. The van der Waals surface area contributed by atoms with Crippen molar-refractivity contribution >= 4 is 37.0 Å². The molecule has 78 heavy (non-hydrogen) atoms. The molecule has 19 nitrogen and oxygen atoms in total. The summed E-state index contributed by atoms with van der Waals surface area (Å²) >= 11 is 0. The van der Waals surface area contributed by atoms with Crippen LogP contribution in [0.5, 0.6) is 0 Å². The number of cyclic esters (lactones) is 1. The summed E-state index contributed by atoms with van der Waals surface area (Å²) in [6.45, 7) is 12.8. The number of rotatable bonds is 15. The summed E-state index contributed by atoms with van der Waals surface area (Å²) in [5.41, 5.74) is 1.22. The van der Waals surface area contributed by atoms with Crippen molar-refractivity contribution in [3.05, 3.63) is 47.6 Å². The number of hydrogen-bond acceptors (Lipinski definition) is 17. The molecular weight excluding hydrogens is 1030 g/mol. The number of likely N-dealkylation sites (N-methyl/N-ethyl adjacent to an activating group) is 1. The number of methoxy groups -OCH3 is 3. The number of ether oxygens (including phenoxy) is 6. The minimum Gasteiger partial charge on any atom is -0.756 e. The van der Waals surface area contributed by atoms with Crippen LogP contribution in [0.3, 0.4) is 0 Å². The van der Waals surface area contributed by atoms with Gasteiger partial charge in [-0.1, -0.05) is 71.1 Å². The maximum Gasteiger partial charge on any atom is 0.329 e. The van der Waals surface area contributed by atoms with Gasteiger partial charge in [-0.3, -0.25) is 23.7 Å². The first-order chi connectivity index (χ1) is 36.6. The zero-order valence-corrected chi connectivity index (χ0v) is 49.8. The van der Waals surface area contributed by atoms with Crippen LogP contribution in [0.2, 0.25) is 0 Å². The van der Waals surface area contributed by atoms with E-state index in [1.807, 2.05) is 72.3 Å². The molecule has 3 fully saturated rings. The van der Waals surface area contributed by atoms with E-state index in [1.54, 1.807) is 48.0 Å². The largest absolute Gasteiger partial charge is 0.756 e. The number of hydrogen-bond donors (Lipinski definition) is 2. The molecule has 20 heteroatoms. The number of phosphoric acid groups is 1. The molecular formula is C58H95N2O17P. The maximum absolute atomic E-state index is 14.6. The molecule has 0 aromatic carbocycles. The second kappa shape index (κ2) is 31.2. The highest BCUT2D eigenvalue weighted by atomic mass is 31.2. The van der Waals surface area contributed by atoms with E-state index in [9.17, 15) is 43.6 Å². The molecule has 0 aromatic heterocycles. The zero-order valence-electron chi connectivity index (χ0n) is 48.9. The Morgan fingerprint density at radius 1 is 0.846 bits per heavy atom. The van der Waals surface area contributed by atoms with Crippen LogP contribution in [0.4, 0.5) is 0 Å². The number of esters is 1. The average molecular weight is 1120 g/mol. The van der Waals surface area contributed by atoms with Crippen molar-refractivity contribution in [3.8, 4) is 0 Å². The minimum atomic E-state index is -4.53. The molecule has 1 aliphatic carbocycles. The number of phosphoric ester groups is 1. The highest BCUT2D eigenvalue weighted by molar-refractivity contribution is 7.45. The van der Waals surface area contributed by atoms with Gasteiger partial charge in [0.1, 0.15) is 43.3 Å². The zero-order chi connectivity index (χ0) is 58.1. The monoisotopic (exact) mass is 1120 g/mol. The highest BCUT2D eigenvalue weighted by Gasteiger charge is 2.53. The number of Topliss-reactive ketones (excluding diaryl/α,β-unsaturated/α-hetero) is 3. The standard InChI is InChI=1S/C58H95N2O17P/c1-37-19-15-14-16-20-38(2)49(70-11)35-45-24-22-43(7)58(67,77-45)55(64)56(65)59-26-18-17-21-46(59)57(66)76-50(36-47(61)39(3)32-42(6)53(63)54(72-13)52(62)41(5)31-37)40(4)33-44-23-25-48(51(34-44)71-12)73-29-30-75-78(68,69)74-28-27-60(8,9)10/h14-16,19-20,32,37,39-41,43-46,48-51,53-54,63,67H,17-18,21-31,33-36H2,1-13H3/b16-14-,19-15+,38-20+,42-32-/t37-,39-,40-,41-,43-,44+,45+,46+,48-,49-,50+,51-,53-,54+,58-/m1/s1.